The number of hydrogen-bond donors (Lipinski definition) is 1. The van der Waals surface area contributed by atoms with Crippen LogP contribution in [0.2, 0.25) is 0 Å². The second-order valence-corrected chi connectivity index (χ2v) is 8.62. The number of rotatable bonds is 2. The Bertz CT molecular complexity index is 1170. The van der Waals surface area contributed by atoms with E-state index >= 15 is 0 Å². The van der Waals surface area contributed by atoms with Gasteiger partial charge in [0.1, 0.15) is 11.6 Å². The van der Waals surface area contributed by atoms with Gasteiger partial charge in [0.25, 0.3) is 0 Å². The van der Waals surface area contributed by atoms with Gasteiger partial charge in [0.05, 0.1) is 26.9 Å². The molecule has 0 fully saturated rings. The minimum Gasteiger partial charge on any atom is -0.310 e. The van der Waals surface area contributed by atoms with Crippen LogP contribution in [0.15, 0.2) is 48.5 Å². The van der Waals surface area contributed by atoms with Crippen molar-refractivity contribution >= 4 is 45.0 Å². The van der Waals surface area contributed by atoms with Gasteiger partial charge in [0.2, 0.25) is 11.0 Å². The molecule has 8 heteroatoms. The average Bonchev–Trinajstić information content (AvgIpc) is 3.19. The molecule has 0 unspecified atom stereocenters. The smallest absolute Gasteiger partial charge is 0.235 e. The molecule has 0 spiro atoms. The van der Waals surface area contributed by atoms with Crippen LogP contribution >= 0.6 is 23.1 Å². The summed E-state index contributed by atoms with van der Waals surface area (Å²) in [5.74, 6) is 0.591. The van der Waals surface area contributed by atoms with Gasteiger partial charge in [-0.25, -0.2) is 9.37 Å². The van der Waals surface area contributed by atoms with Crippen molar-refractivity contribution in [3.63, 3.8) is 0 Å². The van der Waals surface area contributed by atoms with Crippen LogP contribution in [-0.4, -0.2) is 26.4 Å². The molecular formula is C20H15FN4OS2. The number of hydrogen-bond acceptors (Lipinski definition) is 5. The topological polar surface area (TPSA) is 59.8 Å². The van der Waals surface area contributed by atoms with Gasteiger partial charge in [0.15, 0.2) is 0 Å². The summed E-state index contributed by atoms with van der Waals surface area (Å²) in [6.07, 6.45) is 0. The summed E-state index contributed by atoms with van der Waals surface area (Å²) in [4.78, 5) is 17.1. The van der Waals surface area contributed by atoms with Crippen molar-refractivity contribution in [2.75, 3.05) is 11.1 Å². The van der Waals surface area contributed by atoms with E-state index in [0.717, 1.165) is 27.0 Å². The highest BCUT2D eigenvalue weighted by atomic mass is 32.2. The van der Waals surface area contributed by atoms with E-state index in [0.29, 0.717) is 16.7 Å². The Hall–Kier alpha value is -2.71. The zero-order valence-electron chi connectivity index (χ0n) is 14.8. The number of aryl methyl sites for hydroxylation is 1. The highest BCUT2D eigenvalue weighted by Crippen LogP contribution is 2.44. The van der Waals surface area contributed by atoms with Gasteiger partial charge in [-0.05, 0) is 36.8 Å². The Kier molecular flexibility index (Phi) is 4.17. The van der Waals surface area contributed by atoms with E-state index in [4.69, 9.17) is 0 Å². The predicted octanol–water partition coefficient (Wildman–Crippen LogP) is 4.70. The van der Waals surface area contributed by atoms with Crippen LogP contribution in [0.25, 0.3) is 15.3 Å². The maximum Gasteiger partial charge on any atom is 0.235 e. The Morgan fingerprint density at radius 1 is 1.18 bits per heavy atom. The third-order valence-electron chi connectivity index (χ3n) is 4.64. The van der Waals surface area contributed by atoms with E-state index in [2.05, 4.69) is 15.4 Å². The molecule has 1 aliphatic rings. The molecule has 140 valence electrons. The van der Waals surface area contributed by atoms with Crippen molar-refractivity contribution in [3.05, 3.63) is 71.2 Å². The quantitative estimate of drug-likeness (QED) is 0.520. The molecule has 1 atom stereocenters. The van der Waals surface area contributed by atoms with Crippen LogP contribution in [0, 0.1) is 12.7 Å². The van der Waals surface area contributed by atoms with Gasteiger partial charge in [-0.2, -0.15) is 9.78 Å². The second kappa shape index (κ2) is 6.72. The summed E-state index contributed by atoms with van der Waals surface area (Å²) >= 11 is 3.04. The van der Waals surface area contributed by atoms with Crippen molar-refractivity contribution in [2.24, 2.45) is 0 Å². The molecule has 0 aliphatic carbocycles. The maximum atomic E-state index is 13.4. The number of halogens is 1. The van der Waals surface area contributed by atoms with E-state index in [-0.39, 0.29) is 17.0 Å². The molecule has 2 aromatic carbocycles. The highest BCUT2D eigenvalue weighted by molar-refractivity contribution is 8.00. The number of carbonyl (C=O) groups excluding carboxylic acids is 1. The number of aromatic nitrogens is 3. The first-order chi connectivity index (χ1) is 13.6. The van der Waals surface area contributed by atoms with Gasteiger partial charge in [0, 0.05) is 5.56 Å². The highest BCUT2D eigenvalue weighted by Gasteiger charge is 2.31. The molecule has 3 heterocycles. The first-order valence-electron chi connectivity index (χ1n) is 8.72. The summed E-state index contributed by atoms with van der Waals surface area (Å²) < 4.78 is 16.2. The number of anilines is 1. The Morgan fingerprint density at radius 3 is 2.75 bits per heavy atom. The van der Waals surface area contributed by atoms with Crippen LogP contribution in [-0.2, 0) is 4.79 Å². The number of thiazole rings is 1. The molecule has 0 saturated carbocycles. The predicted molar refractivity (Wildman–Crippen MR) is 111 cm³/mol. The third kappa shape index (κ3) is 2.89. The Morgan fingerprint density at radius 2 is 1.96 bits per heavy atom. The summed E-state index contributed by atoms with van der Waals surface area (Å²) in [5, 5.41) is 8.28. The minimum absolute atomic E-state index is 0.0851. The van der Waals surface area contributed by atoms with Crippen molar-refractivity contribution in [3.8, 4) is 5.13 Å². The van der Waals surface area contributed by atoms with Crippen molar-refractivity contribution in [1.82, 2.24) is 14.8 Å². The zero-order chi connectivity index (χ0) is 19.3. The lowest BCUT2D eigenvalue weighted by molar-refractivity contribution is -0.113. The first kappa shape index (κ1) is 17.4. The molecular weight excluding hydrogens is 395 g/mol. The standard InChI is InChI=1S/C20H15FN4OS2/c1-11-17-18(12-6-8-13(21)9-7-12)27-10-16(26)23-19(17)25(24-11)20-22-14-4-2-3-5-15(14)28-20/h2-9,18H,10H2,1H3,(H,23,26)/t18-/m1/s1. The van der Waals surface area contributed by atoms with Crippen LogP contribution in [0.3, 0.4) is 0 Å². The molecule has 5 nitrogen and oxygen atoms in total. The Balaban J connectivity index is 1.69. The first-order valence-corrected chi connectivity index (χ1v) is 10.6. The van der Waals surface area contributed by atoms with Crippen molar-refractivity contribution in [1.29, 1.82) is 0 Å². The SMILES string of the molecule is Cc1nn(-c2nc3ccccc3s2)c2c1[C@@H](c1ccc(F)cc1)SCC(=O)N2. The lowest BCUT2D eigenvalue weighted by atomic mass is 10.0. The molecule has 1 aliphatic heterocycles. The number of nitrogens with zero attached hydrogens (tertiary/aromatic N) is 3. The van der Waals surface area contributed by atoms with E-state index in [1.165, 1.54) is 35.2 Å². The molecule has 0 bridgehead atoms. The molecule has 5 rings (SSSR count). The number of fused-ring (bicyclic) bond motifs is 2. The average molecular weight is 410 g/mol. The molecule has 2 aromatic heterocycles. The fraction of sp³-hybridized carbons (Fsp3) is 0.150. The Labute approximate surface area is 168 Å². The summed E-state index contributed by atoms with van der Waals surface area (Å²) in [7, 11) is 0. The van der Waals surface area contributed by atoms with E-state index < -0.39 is 0 Å². The largest absolute Gasteiger partial charge is 0.310 e. The van der Waals surface area contributed by atoms with Crippen molar-refractivity contribution < 1.29 is 9.18 Å². The van der Waals surface area contributed by atoms with Crippen LogP contribution in [0.5, 0.6) is 0 Å². The zero-order valence-corrected chi connectivity index (χ0v) is 16.5. The number of nitrogens with one attached hydrogen (secondary N) is 1. The van der Waals surface area contributed by atoms with E-state index in [9.17, 15) is 9.18 Å². The number of carbonyl (C=O) groups is 1. The van der Waals surface area contributed by atoms with Crippen molar-refractivity contribution in [2.45, 2.75) is 12.2 Å². The molecule has 0 radical (unpaired) electrons. The molecule has 0 saturated heterocycles. The van der Waals surface area contributed by atoms with Crippen LogP contribution < -0.4 is 5.32 Å². The number of amides is 1. The van der Waals surface area contributed by atoms with Gasteiger partial charge < -0.3 is 5.32 Å². The summed E-state index contributed by atoms with van der Waals surface area (Å²) in [5.41, 5.74) is 3.59. The number of thioether (sulfide) groups is 1. The fourth-order valence-electron chi connectivity index (χ4n) is 3.37. The molecule has 28 heavy (non-hydrogen) atoms. The monoisotopic (exact) mass is 410 g/mol. The van der Waals surface area contributed by atoms with Crippen LogP contribution in [0.1, 0.15) is 22.1 Å². The van der Waals surface area contributed by atoms with Crippen LogP contribution in [0.4, 0.5) is 10.2 Å². The molecule has 1 amide bonds. The normalized spacial score (nSPS) is 16.6. The summed E-state index contributed by atoms with van der Waals surface area (Å²) in [6, 6.07) is 14.3. The van der Waals surface area contributed by atoms with Gasteiger partial charge in [-0.3, -0.25) is 4.79 Å². The lowest BCUT2D eigenvalue weighted by Gasteiger charge is -2.15. The maximum absolute atomic E-state index is 13.4. The summed E-state index contributed by atoms with van der Waals surface area (Å²) in [6.45, 7) is 1.93. The second-order valence-electron chi connectivity index (χ2n) is 6.51. The van der Waals surface area contributed by atoms with Gasteiger partial charge >= 0.3 is 0 Å². The minimum atomic E-state index is -0.279. The van der Waals surface area contributed by atoms with E-state index in [1.54, 1.807) is 16.8 Å². The number of benzene rings is 2. The van der Waals surface area contributed by atoms with Gasteiger partial charge in [-0.15, -0.1) is 11.8 Å². The number of para-hydroxylation sites is 1. The lowest BCUT2D eigenvalue weighted by Crippen LogP contribution is -2.15. The molecule has 4 aromatic rings. The third-order valence-corrected chi connectivity index (χ3v) is 6.93. The van der Waals surface area contributed by atoms with E-state index in [1.807, 2.05) is 31.2 Å². The fourth-order valence-corrected chi connectivity index (χ4v) is 5.49. The van der Waals surface area contributed by atoms with Gasteiger partial charge in [-0.1, -0.05) is 35.6 Å². The molecule has 1 N–H and O–H groups in total.